The molecule has 0 amide bonds. The minimum atomic E-state index is -0.342. The van der Waals surface area contributed by atoms with Crippen molar-refractivity contribution in [2.75, 3.05) is 46.2 Å². The Kier molecular flexibility index (Phi) is 32.4. The fourth-order valence-corrected chi connectivity index (χ4v) is 4.44. The van der Waals surface area contributed by atoms with Gasteiger partial charge in [0.25, 0.3) is 0 Å². The van der Waals surface area contributed by atoms with E-state index in [9.17, 15) is 28.8 Å². The smallest absolute Gasteiger partial charge is 0.305 e. The molecule has 1 N–H and O–H groups in total. The largest absolute Gasteiger partial charge is 0.466 e. The molecule has 13 heteroatoms. The number of carbonyl (C=O) groups is 6. The van der Waals surface area contributed by atoms with Gasteiger partial charge in [-0.2, -0.15) is 0 Å². The highest BCUT2D eigenvalue weighted by molar-refractivity contribution is 5.71. The molecule has 0 unspecified atom stereocenters. The molecule has 0 aliphatic heterocycles. The maximum atomic E-state index is 11.9. The van der Waals surface area contributed by atoms with E-state index in [0.717, 1.165) is 38.5 Å². The van der Waals surface area contributed by atoms with E-state index in [1.54, 1.807) is 0 Å². The van der Waals surface area contributed by atoms with Gasteiger partial charge >= 0.3 is 35.8 Å². The van der Waals surface area contributed by atoms with Crippen molar-refractivity contribution < 1.29 is 62.3 Å². The van der Waals surface area contributed by atoms with Gasteiger partial charge in [-0.25, -0.2) is 0 Å². The third-order valence-electron chi connectivity index (χ3n) is 7.26. The first-order valence-corrected chi connectivity index (χ1v) is 18.3. The summed E-state index contributed by atoms with van der Waals surface area (Å²) in [6.45, 7) is 3.43. The fourth-order valence-electron chi connectivity index (χ4n) is 4.44. The first kappa shape index (κ1) is 45.8. The van der Waals surface area contributed by atoms with Crippen LogP contribution in [0, 0.1) is 0 Å². The first-order valence-electron chi connectivity index (χ1n) is 18.3. The Labute approximate surface area is 292 Å². The Balaban J connectivity index is 3.46. The fraction of sp³-hybridized carbons (Fsp3) is 0.833. The van der Waals surface area contributed by atoms with Crippen molar-refractivity contribution in [1.82, 2.24) is 0 Å². The normalized spacial score (nSPS) is 10.7. The van der Waals surface area contributed by atoms with E-state index < -0.39 is 0 Å². The third kappa shape index (κ3) is 34.4. The molecule has 0 spiro atoms. The van der Waals surface area contributed by atoms with Crippen LogP contribution in [0.15, 0.2) is 0 Å². The number of aliphatic hydroxyl groups is 1. The van der Waals surface area contributed by atoms with Gasteiger partial charge in [-0.1, -0.05) is 13.3 Å². The van der Waals surface area contributed by atoms with E-state index in [2.05, 4.69) is 0 Å². The number of carbonyl (C=O) groups excluding carboxylic acids is 6. The number of unbranched alkanes of at least 4 members (excludes halogenated alkanes) is 10. The summed E-state index contributed by atoms with van der Waals surface area (Å²) >= 11 is 0. The molecule has 0 atom stereocenters. The molecule has 0 bridgehead atoms. The number of aliphatic hydroxyl groups excluding tert-OH is 1. The van der Waals surface area contributed by atoms with E-state index in [0.29, 0.717) is 123 Å². The van der Waals surface area contributed by atoms with E-state index in [1.165, 1.54) is 0 Å². The van der Waals surface area contributed by atoms with Crippen LogP contribution in [0.5, 0.6) is 0 Å². The summed E-state index contributed by atoms with van der Waals surface area (Å²) < 4.78 is 30.8. The molecule has 0 aromatic rings. The number of hydrogen-bond donors (Lipinski definition) is 1. The summed E-state index contributed by atoms with van der Waals surface area (Å²) in [7, 11) is 0. The predicted molar refractivity (Wildman–Crippen MR) is 180 cm³/mol. The molecule has 13 nitrogen and oxygen atoms in total. The van der Waals surface area contributed by atoms with Crippen molar-refractivity contribution in [3.05, 3.63) is 0 Å². The van der Waals surface area contributed by atoms with Crippen LogP contribution in [0.4, 0.5) is 0 Å². The average molecular weight is 703 g/mol. The number of ether oxygens (including phenoxy) is 6. The van der Waals surface area contributed by atoms with Crippen LogP contribution in [0.3, 0.4) is 0 Å². The zero-order valence-electron chi connectivity index (χ0n) is 29.9. The number of rotatable bonds is 34. The van der Waals surface area contributed by atoms with Crippen LogP contribution in [-0.2, 0) is 57.2 Å². The minimum Gasteiger partial charge on any atom is -0.466 e. The lowest BCUT2D eigenvalue weighted by Gasteiger charge is -2.07. The van der Waals surface area contributed by atoms with Crippen molar-refractivity contribution >= 4 is 35.8 Å². The highest BCUT2D eigenvalue weighted by Gasteiger charge is 2.08. The van der Waals surface area contributed by atoms with Crippen LogP contribution in [0.25, 0.3) is 0 Å². The Morgan fingerprint density at radius 1 is 0.327 bits per heavy atom. The van der Waals surface area contributed by atoms with E-state index in [4.69, 9.17) is 33.5 Å². The molecule has 0 heterocycles. The van der Waals surface area contributed by atoms with E-state index in [-0.39, 0.29) is 62.1 Å². The van der Waals surface area contributed by atoms with Crippen molar-refractivity contribution in [2.45, 2.75) is 148 Å². The van der Waals surface area contributed by atoms with Gasteiger partial charge in [-0.05, 0) is 96.3 Å². The Hall–Kier alpha value is -3.22. The van der Waals surface area contributed by atoms with Crippen LogP contribution >= 0.6 is 0 Å². The molecule has 0 aromatic carbocycles. The quantitative estimate of drug-likeness (QED) is 0.0481. The van der Waals surface area contributed by atoms with Gasteiger partial charge in [-0.15, -0.1) is 0 Å². The van der Waals surface area contributed by atoms with Crippen molar-refractivity contribution in [1.29, 1.82) is 0 Å². The van der Waals surface area contributed by atoms with Crippen LogP contribution in [-0.4, -0.2) is 87.2 Å². The maximum absolute atomic E-state index is 11.9. The Morgan fingerprint density at radius 2 is 0.571 bits per heavy atom. The molecule has 0 aromatic heterocycles. The maximum Gasteiger partial charge on any atom is 0.305 e. The van der Waals surface area contributed by atoms with Crippen molar-refractivity contribution in [3.63, 3.8) is 0 Å². The summed E-state index contributed by atoms with van der Waals surface area (Å²) in [5.41, 5.74) is 0. The van der Waals surface area contributed by atoms with Crippen molar-refractivity contribution in [2.24, 2.45) is 0 Å². The molecule has 284 valence electrons. The molecule has 49 heavy (non-hydrogen) atoms. The second kappa shape index (κ2) is 34.6. The molecule has 0 fully saturated rings. The Morgan fingerprint density at radius 3 is 0.837 bits per heavy atom. The first-order chi connectivity index (χ1) is 23.8. The molecular weight excluding hydrogens is 640 g/mol. The second-order valence-corrected chi connectivity index (χ2v) is 11.8. The third-order valence-corrected chi connectivity index (χ3v) is 7.26. The topological polar surface area (TPSA) is 178 Å². The monoisotopic (exact) mass is 702 g/mol. The standard InChI is InChI=1S/C36H62O13/c1-2-18-31(38)48-29-30-49-36(43)23-12-7-17-28-47-35(42)22-11-6-16-27-46-34(41)21-10-5-15-26-45-33(40)20-9-4-14-25-44-32(39)19-8-3-13-24-37/h37H,2-30H2,1H3. The van der Waals surface area contributed by atoms with E-state index in [1.807, 2.05) is 6.92 Å². The molecule has 0 radical (unpaired) electrons. The lowest BCUT2D eigenvalue weighted by atomic mass is 10.2. The summed E-state index contributed by atoms with van der Waals surface area (Å²) in [6.07, 6.45) is 13.2. The SMILES string of the molecule is CCCC(=O)OCCOC(=O)CCCCCOC(=O)CCCCCOC(=O)CCCCCOC(=O)CCCCCOC(=O)CCCCCO. The average Bonchev–Trinajstić information content (AvgIpc) is 3.07. The molecular formula is C36H62O13. The lowest BCUT2D eigenvalue weighted by Crippen LogP contribution is -2.13. The predicted octanol–water partition coefficient (Wildman–Crippen LogP) is 5.84. The number of hydrogen-bond acceptors (Lipinski definition) is 13. The number of esters is 6. The van der Waals surface area contributed by atoms with Gasteiger partial charge in [0.05, 0.1) is 26.4 Å². The van der Waals surface area contributed by atoms with Gasteiger partial charge < -0.3 is 33.5 Å². The van der Waals surface area contributed by atoms with Crippen LogP contribution in [0.1, 0.15) is 148 Å². The summed E-state index contributed by atoms with van der Waals surface area (Å²) in [6, 6.07) is 0. The summed E-state index contributed by atoms with van der Waals surface area (Å²) in [4.78, 5) is 70.0. The van der Waals surface area contributed by atoms with Gasteiger partial charge in [0.2, 0.25) is 0 Å². The molecule has 0 aliphatic carbocycles. The summed E-state index contributed by atoms with van der Waals surface area (Å²) in [5, 5.41) is 8.72. The van der Waals surface area contributed by atoms with Gasteiger partial charge in [-0.3, -0.25) is 28.8 Å². The Bertz CT molecular complexity index is 890. The van der Waals surface area contributed by atoms with Gasteiger partial charge in [0.1, 0.15) is 13.2 Å². The highest BCUT2D eigenvalue weighted by Crippen LogP contribution is 2.08. The van der Waals surface area contributed by atoms with Crippen LogP contribution in [0.2, 0.25) is 0 Å². The molecule has 0 saturated heterocycles. The summed E-state index contributed by atoms with van der Waals surface area (Å²) in [5.74, 6) is -1.63. The highest BCUT2D eigenvalue weighted by atomic mass is 16.6. The van der Waals surface area contributed by atoms with E-state index >= 15 is 0 Å². The minimum absolute atomic E-state index is 0.0538. The zero-order valence-corrected chi connectivity index (χ0v) is 29.9. The zero-order chi connectivity index (χ0) is 36.2. The van der Waals surface area contributed by atoms with Gasteiger partial charge in [0.15, 0.2) is 0 Å². The second-order valence-electron chi connectivity index (χ2n) is 11.8. The van der Waals surface area contributed by atoms with Crippen LogP contribution < -0.4 is 0 Å². The lowest BCUT2D eigenvalue weighted by molar-refractivity contribution is -0.152. The molecule has 0 rings (SSSR count). The van der Waals surface area contributed by atoms with Gasteiger partial charge in [0, 0.05) is 45.1 Å². The molecule has 0 saturated carbocycles. The van der Waals surface area contributed by atoms with Crippen molar-refractivity contribution in [3.8, 4) is 0 Å². The molecule has 0 aliphatic rings.